The van der Waals surface area contributed by atoms with E-state index in [1.165, 1.54) is 4.90 Å². The number of imide groups is 1. The van der Waals surface area contributed by atoms with E-state index in [4.69, 9.17) is 5.26 Å². The molecule has 1 unspecified atom stereocenters. The van der Waals surface area contributed by atoms with Crippen molar-refractivity contribution in [2.75, 3.05) is 0 Å². The number of fused-ring (bicyclic) bond motifs is 1. The number of hydrogen-bond acceptors (Lipinski definition) is 3. The number of amides is 2. The molecule has 0 aliphatic carbocycles. The van der Waals surface area contributed by atoms with Crippen LogP contribution in [0.3, 0.4) is 0 Å². The number of benzene rings is 1. The Bertz CT molecular complexity index is 606. The Morgan fingerprint density at radius 3 is 2.60 bits per heavy atom. The molecule has 0 aromatic heterocycles. The van der Waals surface area contributed by atoms with E-state index in [2.05, 4.69) is 4.97 Å². The minimum atomic E-state index is -0.773. The summed E-state index contributed by atoms with van der Waals surface area (Å²) in [4.78, 5) is 28.7. The maximum absolute atomic E-state index is 12.8. The molecule has 0 fully saturated rings. The van der Waals surface area contributed by atoms with E-state index in [1.54, 1.807) is 12.1 Å². The molecule has 0 N–H and O–H groups in total. The van der Waals surface area contributed by atoms with Crippen molar-refractivity contribution >= 4 is 26.8 Å². The van der Waals surface area contributed by atoms with Gasteiger partial charge in [-0.15, -0.1) is 0 Å². The first-order chi connectivity index (χ1) is 9.43. The number of carbonyl (C=O) groups excluding carboxylic acids is 2. The van der Waals surface area contributed by atoms with Crippen molar-refractivity contribution in [3.63, 3.8) is 0 Å². The van der Waals surface area contributed by atoms with Gasteiger partial charge in [-0.25, -0.2) is 0 Å². The molecule has 0 saturated carbocycles. The normalized spacial score (nSPS) is 21.9. The van der Waals surface area contributed by atoms with E-state index in [0.29, 0.717) is 10.9 Å². The van der Waals surface area contributed by atoms with Gasteiger partial charge < -0.3 is 0 Å². The van der Waals surface area contributed by atoms with Crippen LogP contribution >= 0.6 is 0 Å². The van der Waals surface area contributed by atoms with Gasteiger partial charge in [0.05, 0.1) is 0 Å². The van der Waals surface area contributed by atoms with Gasteiger partial charge in [-0.2, -0.15) is 0 Å². The topological polar surface area (TPSA) is 61.2 Å². The van der Waals surface area contributed by atoms with Gasteiger partial charge in [0.25, 0.3) is 0 Å². The van der Waals surface area contributed by atoms with Gasteiger partial charge in [0.2, 0.25) is 0 Å². The molecule has 4 nitrogen and oxygen atoms in total. The van der Waals surface area contributed by atoms with Crippen LogP contribution in [-0.4, -0.2) is 37.7 Å². The Hall–Kier alpha value is -1.63. The molecule has 1 atom stereocenters. The Kier molecular flexibility index (Phi) is 3.99. The first-order valence-corrected chi connectivity index (χ1v) is 8.48. The van der Waals surface area contributed by atoms with Crippen LogP contribution in [0.1, 0.15) is 36.7 Å². The molecule has 104 valence electrons. The summed E-state index contributed by atoms with van der Waals surface area (Å²) in [7, 11) is 0. The summed E-state index contributed by atoms with van der Waals surface area (Å²) in [5, 5.41) is 9.35. The zero-order valence-electron chi connectivity index (χ0n) is 11.7. The van der Waals surface area contributed by atoms with E-state index < -0.39 is 5.41 Å². The number of carbonyl (C=O) groups is 2. The molecule has 1 heterocycles. The fourth-order valence-electron chi connectivity index (χ4n) is 2.54. The van der Waals surface area contributed by atoms with Gasteiger partial charge in [-0.05, 0) is 0 Å². The Morgan fingerprint density at radius 1 is 1.35 bits per heavy atom. The van der Waals surface area contributed by atoms with Crippen molar-refractivity contribution in [2.45, 2.75) is 37.5 Å². The monoisotopic (exact) mass is 336 g/mol. The molecule has 2 rings (SSSR count). The second-order valence-electron chi connectivity index (χ2n) is 5.33. The number of nitriles is 1. The molecule has 0 radical (unpaired) electrons. The van der Waals surface area contributed by atoms with E-state index in [0.717, 1.165) is 5.56 Å². The number of rotatable bonds is 3. The average Bonchev–Trinajstić information content (AvgIpc) is 2.43. The van der Waals surface area contributed by atoms with E-state index in [9.17, 15) is 9.59 Å². The third-order valence-electron chi connectivity index (χ3n) is 3.60. The third-order valence-corrected chi connectivity index (χ3v) is 5.39. The van der Waals surface area contributed by atoms with Gasteiger partial charge in [0.1, 0.15) is 0 Å². The van der Waals surface area contributed by atoms with Gasteiger partial charge in [-0.3, -0.25) is 0 Å². The van der Waals surface area contributed by atoms with Crippen LogP contribution in [0.5, 0.6) is 0 Å². The molecule has 0 bridgehead atoms. The zero-order chi connectivity index (χ0) is 14.9. The SMILES string of the molecule is CC(C)N1C(=O)c2ccccc2C(C)(C[Se]C#N)C1=O. The molecule has 1 aromatic rings. The molecule has 5 heteroatoms. The van der Waals surface area contributed by atoms with Crippen LogP contribution in [-0.2, 0) is 10.2 Å². The van der Waals surface area contributed by atoms with Crippen LogP contribution in [0.25, 0.3) is 0 Å². The Morgan fingerprint density at radius 2 is 2.00 bits per heavy atom. The Labute approximate surface area is 124 Å². The first-order valence-electron chi connectivity index (χ1n) is 6.42. The molecule has 0 saturated heterocycles. The van der Waals surface area contributed by atoms with E-state index >= 15 is 0 Å². The molecule has 20 heavy (non-hydrogen) atoms. The van der Waals surface area contributed by atoms with Crippen LogP contribution in [0.4, 0.5) is 0 Å². The zero-order valence-corrected chi connectivity index (χ0v) is 13.4. The van der Waals surface area contributed by atoms with Crippen LogP contribution in [0, 0.1) is 10.2 Å². The summed E-state index contributed by atoms with van der Waals surface area (Å²) in [6, 6.07) is 7.05. The molecule has 1 aromatic carbocycles. The van der Waals surface area contributed by atoms with Crippen molar-refractivity contribution in [1.82, 2.24) is 4.90 Å². The van der Waals surface area contributed by atoms with Crippen molar-refractivity contribution in [1.29, 1.82) is 5.26 Å². The van der Waals surface area contributed by atoms with Gasteiger partial charge in [0.15, 0.2) is 0 Å². The average molecular weight is 335 g/mol. The number of nitrogens with zero attached hydrogens (tertiary/aromatic N) is 2. The fraction of sp³-hybridized carbons (Fsp3) is 0.400. The van der Waals surface area contributed by atoms with Crippen molar-refractivity contribution in [2.24, 2.45) is 0 Å². The predicted octanol–water partition coefficient (Wildman–Crippen LogP) is 1.94. The van der Waals surface area contributed by atoms with Crippen LogP contribution in [0.2, 0.25) is 5.32 Å². The Balaban J connectivity index is 2.62. The van der Waals surface area contributed by atoms with Gasteiger partial charge in [-0.1, -0.05) is 0 Å². The molecular formula is C15H16N2O2Se. The summed E-state index contributed by atoms with van der Waals surface area (Å²) in [5.74, 6) is -0.421. The summed E-state index contributed by atoms with van der Waals surface area (Å²) >= 11 is -0.277. The van der Waals surface area contributed by atoms with Gasteiger partial charge in [0, 0.05) is 0 Å². The van der Waals surface area contributed by atoms with E-state index in [1.807, 2.05) is 32.9 Å². The second-order valence-corrected chi connectivity index (χ2v) is 6.93. The van der Waals surface area contributed by atoms with E-state index in [-0.39, 0.29) is 32.8 Å². The first kappa shape index (κ1) is 14.8. The molecular weight excluding hydrogens is 319 g/mol. The summed E-state index contributed by atoms with van der Waals surface area (Å²) in [6.45, 7) is 5.51. The van der Waals surface area contributed by atoms with Crippen molar-refractivity contribution in [3.05, 3.63) is 35.4 Å². The summed E-state index contributed by atoms with van der Waals surface area (Å²) in [6.07, 6.45) is 0. The fourth-order valence-corrected chi connectivity index (χ4v) is 3.87. The van der Waals surface area contributed by atoms with Crippen LogP contribution < -0.4 is 0 Å². The molecule has 1 aliphatic rings. The third kappa shape index (κ3) is 2.15. The quantitative estimate of drug-likeness (QED) is 0.626. The molecule has 0 spiro atoms. The minimum absolute atomic E-state index is 0.183. The second kappa shape index (κ2) is 5.40. The maximum atomic E-state index is 12.8. The van der Waals surface area contributed by atoms with Gasteiger partial charge >= 0.3 is 124 Å². The standard InChI is InChI=1S/C15H16N2O2Se/c1-10(2)17-13(18)11-6-4-5-7-12(11)15(3,14(17)19)8-20-9-16/h4-7,10H,8H2,1-3H3. The van der Waals surface area contributed by atoms with Crippen molar-refractivity contribution < 1.29 is 9.59 Å². The summed E-state index contributed by atoms with van der Waals surface area (Å²) in [5.41, 5.74) is 0.561. The number of hydrogen-bond donors (Lipinski definition) is 0. The predicted molar refractivity (Wildman–Crippen MR) is 76.3 cm³/mol. The van der Waals surface area contributed by atoms with Crippen molar-refractivity contribution in [3.8, 4) is 4.97 Å². The molecule has 2 amide bonds. The molecule has 1 aliphatic heterocycles. The summed E-state index contributed by atoms with van der Waals surface area (Å²) < 4.78 is 0. The van der Waals surface area contributed by atoms with Crippen LogP contribution in [0.15, 0.2) is 24.3 Å².